The largest absolute Gasteiger partial charge is 0.261 e. The van der Waals surface area contributed by atoms with E-state index in [1.807, 2.05) is 25.4 Å². The molecule has 0 fully saturated rings. The van der Waals surface area contributed by atoms with Gasteiger partial charge in [-0.15, -0.1) is 0 Å². The van der Waals surface area contributed by atoms with E-state index in [9.17, 15) is 0 Å². The summed E-state index contributed by atoms with van der Waals surface area (Å²) in [5, 5.41) is 3.49. The molecule has 3 rings (SSSR count). The van der Waals surface area contributed by atoms with Crippen LogP contribution in [0.4, 0.5) is 0 Å². The number of fused-ring (bicyclic) bond motifs is 3. The van der Waals surface area contributed by atoms with Crippen molar-refractivity contribution in [3.63, 3.8) is 0 Å². The highest BCUT2D eigenvalue weighted by molar-refractivity contribution is 6.04. The van der Waals surface area contributed by atoms with Crippen molar-refractivity contribution >= 4 is 21.7 Å². The zero-order chi connectivity index (χ0) is 10.3. The van der Waals surface area contributed by atoms with Gasteiger partial charge in [-0.2, -0.15) is 0 Å². The van der Waals surface area contributed by atoms with E-state index in [-0.39, 0.29) is 0 Å². The molecule has 2 heterocycles. The van der Waals surface area contributed by atoms with Crippen molar-refractivity contribution in [2.75, 3.05) is 0 Å². The fourth-order valence-electron chi connectivity index (χ4n) is 1.87. The van der Waals surface area contributed by atoms with Gasteiger partial charge in [0, 0.05) is 28.9 Å². The fourth-order valence-corrected chi connectivity index (χ4v) is 1.87. The van der Waals surface area contributed by atoms with Gasteiger partial charge >= 0.3 is 0 Å². The first-order valence-electron chi connectivity index (χ1n) is 4.95. The molecule has 0 aliphatic rings. The summed E-state index contributed by atoms with van der Waals surface area (Å²) in [7, 11) is 0. The highest BCUT2D eigenvalue weighted by Crippen LogP contribution is 2.22. The van der Waals surface area contributed by atoms with E-state index < -0.39 is 0 Å². The van der Waals surface area contributed by atoms with Crippen LogP contribution < -0.4 is 0 Å². The number of aromatic nitrogens is 2. The van der Waals surface area contributed by atoms with Crippen molar-refractivity contribution in [1.29, 1.82) is 0 Å². The molecule has 0 atom stereocenters. The average Bonchev–Trinajstić information content (AvgIpc) is 2.28. The minimum Gasteiger partial charge on any atom is -0.261 e. The number of rotatable bonds is 0. The third-order valence-corrected chi connectivity index (χ3v) is 2.61. The summed E-state index contributed by atoms with van der Waals surface area (Å²) < 4.78 is 0. The summed E-state index contributed by atoms with van der Waals surface area (Å²) in [5.41, 5.74) is 2.07. The van der Waals surface area contributed by atoms with E-state index >= 15 is 0 Å². The lowest BCUT2D eigenvalue weighted by Gasteiger charge is -2.02. The standard InChI is InChI=1S/C13H10N2/c1-9-7-11-5-4-10-3-2-6-14-13(10)12(11)8-15-9/h2-8H,1H3. The molecule has 0 spiro atoms. The van der Waals surface area contributed by atoms with Crippen molar-refractivity contribution in [2.24, 2.45) is 0 Å². The van der Waals surface area contributed by atoms with Gasteiger partial charge in [0.05, 0.1) is 5.52 Å². The van der Waals surface area contributed by atoms with Gasteiger partial charge in [0.1, 0.15) is 0 Å². The van der Waals surface area contributed by atoms with Crippen LogP contribution in [-0.4, -0.2) is 9.97 Å². The van der Waals surface area contributed by atoms with Crippen LogP contribution in [-0.2, 0) is 0 Å². The first-order chi connectivity index (χ1) is 7.34. The Morgan fingerprint density at radius 2 is 1.87 bits per heavy atom. The van der Waals surface area contributed by atoms with Crippen LogP contribution >= 0.6 is 0 Å². The van der Waals surface area contributed by atoms with E-state index in [4.69, 9.17) is 0 Å². The van der Waals surface area contributed by atoms with Crippen LogP contribution in [0.5, 0.6) is 0 Å². The normalized spacial score (nSPS) is 11.0. The molecule has 0 aliphatic heterocycles. The quantitative estimate of drug-likeness (QED) is 0.514. The molecule has 0 bridgehead atoms. The summed E-state index contributed by atoms with van der Waals surface area (Å²) in [4.78, 5) is 8.72. The minimum atomic E-state index is 1.03. The van der Waals surface area contributed by atoms with Gasteiger partial charge in [0.15, 0.2) is 0 Å². The molecule has 0 unspecified atom stereocenters. The van der Waals surface area contributed by atoms with Gasteiger partial charge in [-0.1, -0.05) is 18.2 Å². The van der Waals surface area contributed by atoms with Crippen LogP contribution in [0.15, 0.2) is 42.7 Å². The third-order valence-electron chi connectivity index (χ3n) is 2.61. The maximum absolute atomic E-state index is 4.40. The molecular weight excluding hydrogens is 184 g/mol. The topological polar surface area (TPSA) is 25.8 Å². The lowest BCUT2D eigenvalue weighted by Crippen LogP contribution is -1.84. The van der Waals surface area contributed by atoms with Gasteiger partial charge in [0.25, 0.3) is 0 Å². The smallest absolute Gasteiger partial charge is 0.0795 e. The molecule has 3 aromatic rings. The molecular formula is C13H10N2. The second-order valence-electron chi connectivity index (χ2n) is 3.69. The van der Waals surface area contributed by atoms with Gasteiger partial charge in [0.2, 0.25) is 0 Å². The van der Waals surface area contributed by atoms with Crippen LogP contribution in [0, 0.1) is 6.92 Å². The van der Waals surface area contributed by atoms with Gasteiger partial charge < -0.3 is 0 Å². The Kier molecular flexibility index (Phi) is 1.68. The van der Waals surface area contributed by atoms with Gasteiger partial charge in [-0.25, -0.2) is 0 Å². The SMILES string of the molecule is Cc1cc2ccc3cccnc3c2cn1. The Bertz CT molecular complexity index is 644. The monoisotopic (exact) mass is 194 g/mol. The fraction of sp³-hybridized carbons (Fsp3) is 0.0769. The zero-order valence-electron chi connectivity index (χ0n) is 8.44. The molecule has 0 N–H and O–H groups in total. The molecule has 2 nitrogen and oxygen atoms in total. The number of hydrogen-bond acceptors (Lipinski definition) is 2. The molecule has 15 heavy (non-hydrogen) atoms. The average molecular weight is 194 g/mol. The van der Waals surface area contributed by atoms with E-state index in [0.717, 1.165) is 22.0 Å². The number of nitrogens with zero attached hydrogens (tertiary/aromatic N) is 2. The van der Waals surface area contributed by atoms with Crippen molar-refractivity contribution in [2.45, 2.75) is 6.92 Å². The number of aryl methyl sites for hydroxylation is 1. The molecule has 2 heteroatoms. The minimum absolute atomic E-state index is 1.03. The van der Waals surface area contributed by atoms with Crippen LogP contribution in [0.25, 0.3) is 21.7 Å². The highest BCUT2D eigenvalue weighted by Gasteiger charge is 2.01. The Labute approximate surface area is 87.6 Å². The van der Waals surface area contributed by atoms with Gasteiger partial charge in [-0.05, 0) is 24.4 Å². The molecule has 0 aliphatic carbocycles. The van der Waals surface area contributed by atoms with Crippen molar-refractivity contribution in [3.05, 3.63) is 48.4 Å². The molecule has 1 aromatic carbocycles. The molecule has 0 radical (unpaired) electrons. The van der Waals surface area contributed by atoms with Crippen molar-refractivity contribution < 1.29 is 0 Å². The summed E-state index contributed by atoms with van der Waals surface area (Å²) >= 11 is 0. The van der Waals surface area contributed by atoms with Crippen LogP contribution in [0.1, 0.15) is 5.69 Å². The second kappa shape index (κ2) is 3.02. The van der Waals surface area contributed by atoms with E-state index in [0.29, 0.717) is 0 Å². The van der Waals surface area contributed by atoms with Crippen LogP contribution in [0.3, 0.4) is 0 Å². The highest BCUT2D eigenvalue weighted by atomic mass is 14.7. The summed E-state index contributed by atoms with van der Waals surface area (Å²) in [6.45, 7) is 2.00. The van der Waals surface area contributed by atoms with Crippen molar-refractivity contribution in [1.82, 2.24) is 9.97 Å². The van der Waals surface area contributed by atoms with Gasteiger partial charge in [-0.3, -0.25) is 9.97 Å². The summed E-state index contributed by atoms with van der Waals surface area (Å²) in [6.07, 6.45) is 3.72. The lowest BCUT2D eigenvalue weighted by atomic mass is 10.1. The first-order valence-corrected chi connectivity index (χ1v) is 4.95. The van der Waals surface area contributed by atoms with Crippen molar-refractivity contribution in [3.8, 4) is 0 Å². The Morgan fingerprint density at radius 3 is 2.80 bits per heavy atom. The Balaban J connectivity index is 2.55. The molecule has 0 saturated heterocycles. The summed E-state index contributed by atoms with van der Waals surface area (Å²) in [6, 6.07) is 10.3. The Morgan fingerprint density at radius 1 is 1.00 bits per heavy atom. The molecule has 0 saturated carbocycles. The second-order valence-corrected chi connectivity index (χ2v) is 3.69. The first kappa shape index (κ1) is 8.36. The Hall–Kier alpha value is -1.96. The van der Waals surface area contributed by atoms with Crippen LogP contribution in [0.2, 0.25) is 0 Å². The summed E-state index contributed by atoms with van der Waals surface area (Å²) in [5.74, 6) is 0. The third kappa shape index (κ3) is 1.26. The predicted octanol–water partition coefficient (Wildman–Crippen LogP) is 3.09. The van der Waals surface area contributed by atoms with E-state index in [2.05, 4.69) is 34.2 Å². The maximum atomic E-state index is 4.40. The zero-order valence-corrected chi connectivity index (χ0v) is 8.44. The number of benzene rings is 1. The molecule has 0 amide bonds. The van der Waals surface area contributed by atoms with E-state index in [1.165, 1.54) is 5.39 Å². The molecule has 2 aromatic heterocycles. The number of pyridine rings is 2. The number of hydrogen-bond donors (Lipinski definition) is 0. The molecule has 72 valence electrons. The van der Waals surface area contributed by atoms with E-state index in [1.54, 1.807) is 0 Å². The predicted molar refractivity (Wildman–Crippen MR) is 61.8 cm³/mol. The lowest BCUT2D eigenvalue weighted by molar-refractivity contribution is 1.22. The maximum Gasteiger partial charge on any atom is 0.0795 e.